The third-order valence-corrected chi connectivity index (χ3v) is 18.3. The van der Waals surface area contributed by atoms with Crippen molar-refractivity contribution in [3.63, 3.8) is 0 Å². The van der Waals surface area contributed by atoms with Gasteiger partial charge in [0.2, 0.25) is 0 Å². The van der Waals surface area contributed by atoms with Crippen LogP contribution in [0.2, 0.25) is 0 Å². The molecule has 4 aliphatic heterocycles. The van der Waals surface area contributed by atoms with Gasteiger partial charge in [0.25, 0.3) is 0 Å². The Morgan fingerprint density at radius 1 is 0.240 bits per heavy atom. The van der Waals surface area contributed by atoms with Crippen LogP contribution in [0.5, 0.6) is 23.0 Å². The van der Waals surface area contributed by atoms with Crippen LogP contribution < -0.4 is 58.5 Å². The van der Waals surface area contributed by atoms with Gasteiger partial charge in [-0.3, -0.25) is 0 Å². The third kappa shape index (κ3) is 10.8. The minimum Gasteiger partial charge on any atom is -0.457 e. The van der Waals surface area contributed by atoms with E-state index in [0.29, 0.717) is 36.3 Å². The van der Waals surface area contributed by atoms with Crippen LogP contribution in [-0.2, 0) is 0 Å². The second-order valence-electron chi connectivity index (χ2n) is 24.3. The number of hydrogen-bond donors (Lipinski definition) is 0. The fourth-order valence-electron chi connectivity index (χ4n) is 13.9. The number of hydrogen-bond acceptors (Lipinski definition) is 12. The van der Waals surface area contributed by atoms with E-state index in [2.05, 4.69) is 307 Å². The van der Waals surface area contributed by atoms with Crippen molar-refractivity contribution in [1.82, 2.24) is 0 Å². The van der Waals surface area contributed by atoms with Gasteiger partial charge in [-0.25, -0.2) is 0 Å². The van der Waals surface area contributed by atoms with Gasteiger partial charge in [-0.2, -0.15) is 0 Å². The molecule has 4 aliphatic rings. The predicted molar refractivity (Wildman–Crippen MR) is 397 cm³/mol. The summed E-state index contributed by atoms with van der Waals surface area (Å²) in [6, 6.07) is 114. The molecule has 0 radical (unpaired) electrons. The SMILES string of the molecule is [2H]C([2H])([2H])N1CN(c2cccc(Oc3cc(N4CN(c5ccc(N6CN(c7cc(Oc8cccc(N9CN(C)c%10ccccc%109)c8)cc(N(c8ccccc8)c8ccccc8)c7)c7ccccc76)cc5)c5ccccc54)cc(N(c4ccccc4)c4ccccc4)c3)c2)c2ccccc21. The molecule has 0 fully saturated rings. The number of rotatable bonds is 16. The Labute approximate surface area is 564 Å². The third-order valence-electron chi connectivity index (χ3n) is 18.3. The quantitative estimate of drug-likeness (QED) is 0.0926. The van der Waals surface area contributed by atoms with Crippen molar-refractivity contribution < 1.29 is 13.6 Å². The van der Waals surface area contributed by atoms with Crippen molar-refractivity contribution >= 4 is 114 Å². The molecule has 13 aromatic rings. The average Bonchev–Trinajstić information content (AvgIpc) is 1.63. The minimum atomic E-state index is -2.32. The number of ether oxygens (including phenoxy) is 2. The summed E-state index contributed by atoms with van der Waals surface area (Å²) in [7, 11) is 2.13. The van der Waals surface area contributed by atoms with E-state index >= 15 is 0 Å². The molecule has 17 rings (SSSR count). The predicted octanol–water partition coefficient (Wildman–Crippen LogP) is 21.8. The maximum Gasteiger partial charge on any atom is 0.131 e. The number of anilines is 20. The summed E-state index contributed by atoms with van der Waals surface area (Å²) in [6.07, 6.45) is 0. The van der Waals surface area contributed by atoms with Gasteiger partial charge in [-0.05, 0) is 158 Å². The molecule has 0 saturated heterocycles. The fraction of sp³-hybridized carbons (Fsp3) is 0.0714. The number of nitrogens with zero attached hydrogens (tertiary/aromatic N) is 10. The van der Waals surface area contributed by atoms with E-state index in [9.17, 15) is 0 Å². The average molecular weight is 1250 g/mol. The monoisotopic (exact) mass is 1250 g/mol. The molecule has 0 aliphatic carbocycles. The number of benzene rings is 13. The van der Waals surface area contributed by atoms with E-state index in [1.54, 1.807) is 0 Å². The Bertz CT molecular complexity index is 5010. The summed E-state index contributed by atoms with van der Waals surface area (Å²) in [4.78, 5) is 22.1. The molecule has 0 amide bonds. The van der Waals surface area contributed by atoms with Crippen LogP contribution >= 0.6 is 0 Å². The van der Waals surface area contributed by atoms with Crippen LogP contribution in [0.1, 0.15) is 4.11 Å². The first-order valence-corrected chi connectivity index (χ1v) is 32.4. The molecule has 13 aromatic carbocycles. The van der Waals surface area contributed by atoms with Crippen LogP contribution in [0.25, 0.3) is 0 Å². The Morgan fingerprint density at radius 3 is 0.896 bits per heavy atom. The van der Waals surface area contributed by atoms with Crippen LogP contribution in [0.4, 0.5) is 114 Å². The van der Waals surface area contributed by atoms with E-state index < -0.39 is 6.98 Å². The first-order chi connectivity index (χ1) is 48.6. The zero-order valence-electron chi connectivity index (χ0n) is 55.8. The van der Waals surface area contributed by atoms with Crippen LogP contribution in [-0.4, -0.2) is 40.7 Å². The Kier molecular flexibility index (Phi) is 13.8. The zero-order chi connectivity index (χ0) is 66.6. The van der Waals surface area contributed by atoms with Crippen molar-refractivity contribution in [2.75, 3.05) is 89.7 Å². The normalized spacial score (nSPS) is 14.2. The summed E-state index contributed by atoms with van der Waals surface area (Å²) in [5.41, 5.74) is 19.9. The van der Waals surface area contributed by atoms with E-state index in [1.807, 2.05) is 71.6 Å². The number of para-hydroxylation sites is 12. The number of fused-ring (bicyclic) bond motifs is 4. The van der Waals surface area contributed by atoms with Gasteiger partial charge in [-0.15, -0.1) is 0 Å². The Morgan fingerprint density at radius 2 is 0.531 bits per heavy atom. The highest BCUT2D eigenvalue weighted by Gasteiger charge is 2.33. The first kappa shape index (κ1) is 54.1. The standard InChI is InChI=1S/C84H68N10O2/c1-85-57-87(79-39-17-15-37-77(79)85)67-33-23-35-73(51-67)95-75-53-69(49-71(55-75)93(63-25-7-3-8-26-63)64-27-9-4-10-28-64)91-59-89(81-41-19-21-43-83(81)91)61-45-47-62(48-46-61)90-60-92(84-44-22-20-42-82(84)90)70-50-72(94(65-29-11-5-12-30-65)66-31-13-6-14-32-66)56-76(54-70)96-74-36-24-34-68(52-74)88-58-86(2)78-38-16-18-40-80(78)88/h3-56H,57-60H2,1-2H3/i1D3. The lowest BCUT2D eigenvalue weighted by Gasteiger charge is -2.29. The smallest absolute Gasteiger partial charge is 0.131 e. The molecule has 12 nitrogen and oxygen atoms in total. The molecule has 0 N–H and O–H groups in total. The van der Waals surface area contributed by atoms with Gasteiger partial charge in [0.15, 0.2) is 0 Å². The molecule has 96 heavy (non-hydrogen) atoms. The van der Waals surface area contributed by atoms with Gasteiger partial charge < -0.3 is 58.5 Å². The molecule has 12 heteroatoms. The van der Waals surface area contributed by atoms with Gasteiger partial charge in [0, 0.05) is 111 Å². The topological polar surface area (TPSA) is 50.9 Å². The molecule has 4 heterocycles. The van der Waals surface area contributed by atoms with Crippen molar-refractivity contribution in [1.29, 1.82) is 0 Å². The van der Waals surface area contributed by atoms with Gasteiger partial charge in [0.05, 0.1) is 70.2 Å². The summed E-state index contributed by atoms with van der Waals surface area (Å²) in [5.74, 6) is 2.69. The van der Waals surface area contributed by atoms with Crippen molar-refractivity contribution in [3.8, 4) is 23.0 Å². The summed E-state index contributed by atoms with van der Waals surface area (Å²) >= 11 is 0. The molecule has 0 saturated carbocycles. The highest BCUT2D eigenvalue weighted by atomic mass is 16.5. The minimum absolute atomic E-state index is 0.170. The molecule has 0 atom stereocenters. The highest BCUT2D eigenvalue weighted by molar-refractivity contribution is 5.93. The van der Waals surface area contributed by atoms with E-state index in [1.165, 1.54) is 10.6 Å². The fourth-order valence-corrected chi connectivity index (χ4v) is 13.9. The first-order valence-electron chi connectivity index (χ1n) is 33.9. The Hall–Kier alpha value is -12.5. The lowest BCUT2D eigenvalue weighted by molar-refractivity contribution is 0.482. The maximum absolute atomic E-state index is 8.37. The van der Waals surface area contributed by atoms with Crippen LogP contribution in [0.3, 0.4) is 0 Å². The molecule has 0 unspecified atom stereocenters. The summed E-state index contributed by atoms with van der Waals surface area (Å²) in [6.45, 7) is -0.362. The van der Waals surface area contributed by atoms with Crippen LogP contribution in [0, 0.1) is 0 Å². The van der Waals surface area contributed by atoms with E-state index in [4.69, 9.17) is 13.6 Å². The summed E-state index contributed by atoms with van der Waals surface area (Å²) in [5, 5.41) is 0. The molecule has 0 spiro atoms. The van der Waals surface area contributed by atoms with Gasteiger partial charge in [0.1, 0.15) is 36.3 Å². The van der Waals surface area contributed by atoms with Gasteiger partial charge in [-0.1, -0.05) is 133 Å². The summed E-state index contributed by atoms with van der Waals surface area (Å²) < 4.78 is 39.2. The lowest BCUT2D eigenvalue weighted by atomic mass is 10.1. The molecular formula is C84H68N10O2. The molecular weight excluding hydrogens is 1180 g/mol. The van der Waals surface area contributed by atoms with E-state index in [0.717, 1.165) is 115 Å². The van der Waals surface area contributed by atoms with E-state index in [-0.39, 0.29) is 6.67 Å². The highest BCUT2D eigenvalue weighted by Crippen LogP contribution is 2.52. The van der Waals surface area contributed by atoms with Crippen molar-refractivity contribution in [3.05, 3.63) is 328 Å². The Balaban J connectivity index is 0.698. The van der Waals surface area contributed by atoms with Crippen LogP contribution in [0.15, 0.2) is 328 Å². The van der Waals surface area contributed by atoms with Gasteiger partial charge >= 0.3 is 0 Å². The molecule has 466 valence electrons. The molecule has 0 bridgehead atoms. The second-order valence-corrected chi connectivity index (χ2v) is 24.3. The molecule has 0 aromatic heterocycles. The second kappa shape index (κ2) is 24.5. The maximum atomic E-state index is 8.37. The largest absolute Gasteiger partial charge is 0.457 e. The lowest BCUT2D eigenvalue weighted by Crippen LogP contribution is -2.25. The zero-order valence-corrected chi connectivity index (χ0v) is 52.8. The van der Waals surface area contributed by atoms with Crippen molar-refractivity contribution in [2.24, 2.45) is 0 Å². The van der Waals surface area contributed by atoms with Crippen molar-refractivity contribution in [2.45, 2.75) is 0 Å².